The third-order valence-corrected chi connectivity index (χ3v) is 2.72. The highest BCUT2D eigenvalue weighted by Crippen LogP contribution is 2.25. The molecule has 0 heterocycles. The molecule has 4 N–H and O–H groups in total. The lowest BCUT2D eigenvalue weighted by atomic mass is 10.1. The molecular formula is C10H12ClN3O2. The molecule has 0 aliphatic carbocycles. The van der Waals surface area contributed by atoms with E-state index < -0.39 is 11.9 Å². The van der Waals surface area contributed by atoms with E-state index in [1.165, 1.54) is 13.1 Å². The summed E-state index contributed by atoms with van der Waals surface area (Å²) in [6, 6.07) is 2.18. The van der Waals surface area contributed by atoms with Crippen LogP contribution in [0.1, 0.15) is 15.9 Å². The number of nitrogen functional groups attached to an aromatic ring is 1. The summed E-state index contributed by atoms with van der Waals surface area (Å²) in [4.78, 5) is 23.4. The summed E-state index contributed by atoms with van der Waals surface area (Å²) >= 11 is 5.84. The number of hydrogen-bond donors (Lipinski definition) is 2. The SMILES string of the molecule is Cc1c(Cl)ccc(C(=O)N(C)C(N)=O)c1N. The molecule has 0 atom stereocenters. The Labute approximate surface area is 98.0 Å². The third kappa shape index (κ3) is 2.09. The van der Waals surface area contributed by atoms with Crippen molar-refractivity contribution in [2.75, 3.05) is 12.8 Å². The molecule has 0 bridgehead atoms. The fourth-order valence-electron chi connectivity index (χ4n) is 1.17. The topological polar surface area (TPSA) is 89.4 Å². The van der Waals surface area contributed by atoms with Crippen molar-refractivity contribution in [3.05, 3.63) is 28.3 Å². The minimum atomic E-state index is -0.836. The van der Waals surface area contributed by atoms with Crippen LogP contribution in [0.5, 0.6) is 0 Å². The van der Waals surface area contributed by atoms with Crippen molar-refractivity contribution in [1.29, 1.82) is 0 Å². The van der Waals surface area contributed by atoms with E-state index in [2.05, 4.69) is 0 Å². The van der Waals surface area contributed by atoms with Gasteiger partial charge in [0.25, 0.3) is 5.91 Å². The molecule has 1 rings (SSSR count). The lowest BCUT2D eigenvalue weighted by Crippen LogP contribution is -2.37. The number of rotatable bonds is 1. The monoisotopic (exact) mass is 241 g/mol. The van der Waals surface area contributed by atoms with E-state index in [1.54, 1.807) is 13.0 Å². The number of primary amides is 1. The van der Waals surface area contributed by atoms with Crippen LogP contribution in [0.25, 0.3) is 0 Å². The summed E-state index contributed by atoms with van der Waals surface area (Å²) in [6.45, 7) is 1.69. The van der Waals surface area contributed by atoms with Crippen molar-refractivity contribution in [1.82, 2.24) is 4.90 Å². The van der Waals surface area contributed by atoms with Crippen LogP contribution in [0.15, 0.2) is 12.1 Å². The van der Waals surface area contributed by atoms with Crippen molar-refractivity contribution in [3.8, 4) is 0 Å². The Morgan fingerprint density at radius 3 is 2.44 bits per heavy atom. The first kappa shape index (κ1) is 12.3. The minimum absolute atomic E-state index is 0.211. The van der Waals surface area contributed by atoms with Crippen molar-refractivity contribution >= 4 is 29.2 Å². The molecule has 0 unspecified atom stereocenters. The second kappa shape index (κ2) is 4.40. The van der Waals surface area contributed by atoms with E-state index in [-0.39, 0.29) is 11.3 Å². The zero-order chi connectivity index (χ0) is 12.5. The molecule has 0 aliphatic heterocycles. The first-order chi connectivity index (χ1) is 7.36. The Bertz CT molecular complexity index is 460. The summed E-state index contributed by atoms with van der Waals surface area (Å²) in [7, 11) is 1.29. The molecule has 0 aromatic heterocycles. The third-order valence-electron chi connectivity index (χ3n) is 2.31. The molecule has 0 radical (unpaired) electrons. The Morgan fingerprint density at radius 1 is 1.38 bits per heavy atom. The number of hydrogen-bond acceptors (Lipinski definition) is 3. The van der Waals surface area contributed by atoms with Crippen LogP contribution in [0.3, 0.4) is 0 Å². The molecule has 3 amide bonds. The van der Waals surface area contributed by atoms with Crippen molar-refractivity contribution in [2.24, 2.45) is 5.73 Å². The highest BCUT2D eigenvalue weighted by atomic mass is 35.5. The number of carbonyl (C=O) groups is 2. The van der Waals surface area contributed by atoms with E-state index in [9.17, 15) is 9.59 Å². The van der Waals surface area contributed by atoms with Crippen molar-refractivity contribution in [3.63, 3.8) is 0 Å². The maximum atomic E-state index is 11.8. The van der Waals surface area contributed by atoms with Gasteiger partial charge in [0.1, 0.15) is 0 Å². The van der Waals surface area contributed by atoms with Gasteiger partial charge >= 0.3 is 6.03 Å². The van der Waals surface area contributed by atoms with Gasteiger partial charge in [-0.05, 0) is 24.6 Å². The number of amides is 3. The van der Waals surface area contributed by atoms with E-state index in [0.29, 0.717) is 10.6 Å². The summed E-state index contributed by atoms with van der Waals surface area (Å²) in [6.07, 6.45) is 0. The molecule has 86 valence electrons. The minimum Gasteiger partial charge on any atom is -0.398 e. The molecule has 1 aromatic rings. The summed E-state index contributed by atoms with van der Waals surface area (Å²) in [5.74, 6) is -0.551. The largest absolute Gasteiger partial charge is 0.398 e. The molecule has 0 aliphatic rings. The molecule has 0 fully saturated rings. The zero-order valence-corrected chi connectivity index (χ0v) is 9.71. The fraction of sp³-hybridized carbons (Fsp3) is 0.200. The Balaban J connectivity index is 3.20. The Kier molecular flexibility index (Phi) is 3.39. The molecule has 1 aromatic carbocycles. The maximum Gasteiger partial charge on any atom is 0.321 e. The van der Waals surface area contributed by atoms with E-state index >= 15 is 0 Å². The van der Waals surface area contributed by atoms with Crippen LogP contribution in [-0.2, 0) is 0 Å². The lowest BCUT2D eigenvalue weighted by molar-refractivity contribution is 0.0839. The number of benzene rings is 1. The average molecular weight is 242 g/mol. The molecule has 0 spiro atoms. The number of nitrogens with zero attached hydrogens (tertiary/aromatic N) is 1. The maximum absolute atomic E-state index is 11.8. The van der Waals surface area contributed by atoms with Crippen LogP contribution in [0.2, 0.25) is 5.02 Å². The van der Waals surface area contributed by atoms with Crippen LogP contribution in [0, 0.1) is 6.92 Å². The normalized spacial score (nSPS) is 9.94. The predicted octanol–water partition coefficient (Wildman–Crippen LogP) is 1.38. The standard InChI is InChI=1S/C10H12ClN3O2/c1-5-7(11)4-3-6(8(5)12)9(15)14(2)10(13)16/h3-4H,12H2,1-2H3,(H2,13,16). The fourth-order valence-corrected chi connectivity index (χ4v) is 1.33. The average Bonchev–Trinajstić information content (AvgIpc) is 2.24. The lowest BCUT2D eigenvalue weighted by Gasteiger charge is -2.15. The summed E-state index contributed by atoms with van der Waals surface area (Å²) in [5, 5.41) is 0.468. The van der Waals surface area contributed by atoms with Gasteiger partial charge < -0.3 is 11.5 Å². The molecule has 5 nitrogen and oxygen atoms in total. The molecular weight excluding hydrogens is 230 g/mol. The van der Waals surface area contributed by atoms with Crippen molar-refractivity contribution < 1.29 is 9.59 Å². The molecule has 6 heteroatoms. The highest BCUT2D eigenvalue weighted by Gasteiger charge is 2.19. The highest BCUT2D eigenvalue weighted by molar-refractivity contribution is 6.32. The van der Waals surface area contributed by atoms with Crippen molar-refractivity contribution in [2.45, 2.75) is 6.92 Å². The van der Waals surface area contributed by atoms with Crippen LogP contribution in [0.4, 0.5) is 10.5 Å². The number of nitrogens with two attached hydrogens (primary N) is 2. The van der Waals surface area contributed by atoms with Crippen LogP contribution in [-0.4, -0.2) is 23.9 Å². The van der Waals surface area contributed by atoms with Gasteiger partial charge in [-0.3, -0.25) is 9.69 Å². The smallest absolute Gasteiger partial charge is 0.321 e. The van der Waals surface area contributed by atoms with E-state index in [1.807, 2.05) is 0 Å². The summed E-state index contributed by atoms with van der Waals surface area (Å²) < 4.78 is 0. The van der Waals surface area contributed by atoms with Gasteiger partial charge in [0.2, 0.25) is 0 Å². The van der Waals surface area contributed by atoms with Gasteiger partial charge in [-0.15, -0.1) is 0 Å². The number of halogens is 1. The van der Waals surface area contributed by atoms with E-state index in [0.717, 1.165) is 4.90 Å². The quantitative estimate of drug-likeness (QED) is 0.728. The second-order valence-electron chi connectivity index (χ2n) is 3.34. The first-order valence-corrected chi connectivity index (χ1v) is 4.86. The molecule has 0 saturated heterocycles. The summed E-state index contributed by atoms with van der Waals surface area (Å²) in [5.41, 5.74) is 11.8. The predicted molar refractivity (Wildman–Crippen MR) is 62.3 cm³/mol. The number of imide groups is 1. The van der Waals surface area contributed by atoms with Gasteiger partial charge in [0.15, 0.2) is 0 Å². The molecule has 0 saturated carbocycles. The van der Waals surface area contributed by atoms with Gasteiger partial charge in [-0.25, -0.2) is 4.79 Å². The van der Waals surface area contributed by atoms with Gasteiger partial charge in [0.05, 0.1) is 5.56 Å². The van der Waals surface area contributed by atoms with Gasteiger partial charge in [-0.2, -0.15) is 0 Å². The first-order valence-electron chi connectivity index (χ1n) is 4.48. The van der Waals surface area contributed by atoms with Gasteiger partial charge in [-0.1, -0.05) is 11.6 Å². The van der Waals surface area contributed by atoms with E-state index in [4.69, 9.17) is 23.1 Å². The number of carbonyl (C=O) groups excluding carboxylic acids is 2. The zero-order valence-electron chi connectivity index (χ0n) is 8.95. The van der Waals surface area contributed by atoms with Crippen LogP contribution < -0.4 is 11.5 Å². The Morgan fingerprint density at radius 2 is 1.94 bits per heavy atom. The van der Waals surface area contributed by atoms with Crippen LogP contribution >= 0.6 is 11.6 Å². The number of urea groups is 1. The van der Waals surface area contributed by atoms with Gasteiger partial charge in [0, 0.05) is 17.8 Å². The number of anilines is 1. The molecule has 16 heavy (non-hydrogen) atoms. The second-order valence-corrected chi connectivity index (χ2v) is 3.74. The Hall–Kier alpha value is -1.75.